The quantitative estimate of drug-likeness (QED) is 0.626. The highest BCUT2D eigenvalue weighted by Crippen LogP contribution is 2.34. The molecule has 0 radical (unpaired) electrons. The van der Waals surface area contributed by atoms with Crippen LogP contribution < -0.4 is 27.2 Å². The fraction of sp³-hybridized carbons (Fsp3) is 0.217. The second-order valence-electron chi connectivity index (χ2n) is 6.93. The number of rotatable bonds is 3. The minimum atomic E-state index is -0.871. The number of halogens is 3. The number of aryl methyl sites for hydroxylation is 1. The molecule has 0 saturated carbocycles. The van der Waals surface area contributed by atoms with Gasteiger partial charge in [-0.1, -0.05) is 13.8 Å². The van der Waals surface area contributed by atoms with Crippen LogP contribution in [0.25, 0.3) is 17.2 Å². The second kappa shape index (κ2) is 8.67. The van der Waals surface area contributed by atoms with Crippen LogP contribution in [-0.4, -0.2) is 10.6 Å². The summed E-state index contributed by atoms with van der Waals surface area (Å²) in [5, 5.41) is 3.53. The molecule has 0 saturated heterocycles. The molecule has 31 heavy (non-hydrogen) atoms. The molecule has 4 rings (SSSR count). The Kier molecular flexibility index (Phi) is 6.19. The molecule has 0 spiro atoms. The van der Waals surface area contributed by atoms with Gasteiger partial charge in [0.25, 0.3) is 5.56 Å². The number of nitrogens with two attached hydrogens (primary N) is 1. The summed E-state index contributed by atoms with van der Waals surface area (Å²) in [4.78, 5) is 16.9. The summed E-state index contributed by atoms with van der Waals surface area (Å²) in [6.07, 6.45) is 3.27. The molecule has 1 aromatic heterocycles. The van der Waals surface area contributed by atoms with E-state index < -0.39 is 17.5 Å². The van der Waals surface area contributed by atoms with Crippen molar-refractivity contribution in [2.24, 2.45) is 12.0 Å². The molecule has 3 N–H and O–H groups in total. The lowest BCUT2D eigenvalue weighted by atomic mass is 10.0. The maximum Gasteiger partial charge on any atom is 0.259 e. The van der Waals surface area contributed by atoms with Crippen molar-refractivity contribution >= 4 is 23.1 Å². The van der Waals surface area contributed by atoms with Crippen LogP contribution in [-0.2, 0) is 7.05 Å². The Morgan fingerprint density at radius 3 is 2.45 bits per heavy atom. The van der Waals surface area contributed by atoms with E-state index in [0.717, 1.165) is 12.1 Å². The van der Waals surface area contributed by atoms with Crippen LogP contribution in [0.4, 0.5) is 30.2 Å². The van der Waals surface area contributed by atoms with Crippen LogP contribution >= 0.6 is 0 Å². The van der Waals surface area contributed by atoms with Gasteiger partial charge in [0.1, 0.15) is 17.5 Å². The highest BCUT2D eigenvalue weighted by atomic mass is 19.1. The Hall–Kier alpha value is -3.55. The summed E-state index contributed by atoms with van der Waals surface area (Å²) in [6, 6.07) is 5.35. The van der Waals surface area contributed by atoms with Crippen molar-refractivity contribution in [2.75, 3.05) is 11.1 Å². The van der Waals surface area contributed by atoms with Gasteiger partial charge in [0.05, 0.1) is 28.0 Å². The fourth-order valence-electron chi connectivity index (χ4n) is 3.41. The molecular formula is C23H23F3N4O. The number of hydrogen-bond acceptors (Lipinski definition) is 4. The van der Waals surface area contributed by atoms with Crippen LogP contribution in [0.2, 0.25) is 0 Å². The largest absolute Gasteiger partial charge is 0.399 e. The average molecular weight is 428 g/mol. The van der Waals surface area contributed by atoms with Crippen LogP contribution in [0.3, 0.4) is 0 Å². The second-order valence-corrected chi connectivity index (χ2v) is 6.93. The zero-order valence-electron chi connectivity index (χ0n) is 17.6. The molecule has 0 amide bonds. The predicted molar refractivity (Wildman–Crippen MR) is 117 cm³/mol. The first kappa shape index (κ1) is 22.1. The Bertz CT molecular complexity index is 1330. The van der Waals surface area contributed by atoms with Gasteiger partial charge in [0.15, 0.2) is 0 Å². The van der Waals surface area contributed by atoms with E-state index in [0.29, 0.717) is 27.8 Å². The highest BCUT2D eigenvalue weighted by molar-refractivity contribution is 5.83. The maximum absolute atomic E-state index is 14.9. The van der Waals surface area contributed by atoms with E-state index in [-0.39, 0.29) is 28.7 Å². The average Bonchev–Trinajstić information content (AvgIpc) is 3.11. The third-order valence-electron chi connectivity index (χ3n) is 4.72. The maximum atomic E-state index is 14.9. The minimum absolute atomic E-state index is 0.0553. The van der Waals surface area contributed by atoms with Gasteiger partial charge in [-0.05, 0) is 37.3 Å². The van der Waals surface area contributed by atoms with Gasteiger partial charge in [-0.25, -0.2) is 13.2 Å². The molecular weight excluding hydrogens is 405 g/mol. The van der Waals surface area contributed by atoms with E-state index in [2.05, 4.69) is 10.3 Å². The number of anilines is 3. The lowest BCUT2D eigenvalue weighted by Crippen LogP contribution is -2.43. The van der Waals surface area contributed by atoms with Gasteiger partial charge in [-0.3, -0.25) is 9.79 Å². The van der Waals surface area contributed by atoms with Crippen molar-refractivity contribution in [3.05, 3.63) is 74.9 Å². The molecule has 2 heterocycles. The number of aromatic nitrogens is 1. The monoisotopic (exact) mass is 428 g/mol. The normalized spacial score (nSPS) is 14.1. The van der Waals surface area contributed by atoms with Crippen LogP contribution in [0.5, 0.6) is 0 Å². The van der Waals surface area contributed by atoms with Crippen LogP contribution in [0.15, 0.2) is 46.3 Å². The number of hydrogen-bond donors (Lipinski definition) is 2. The van der Waals surface area contributed by atoms with Crippen molar-refractivity contribution < 1.29 is 13.2 Å². The van der Waals surface area contributed by atoms with Crippen molar-refractivity contribution in [3.8, 4) is 11.1 Å². The molecule has 0 fully saturated rings. The van der Waals surface area contributed by atoms with E-state index in [9.17, 15) is 18.0 Å². The zero-order valence-corrected chi connectivity index (χ0v) is 17.6. The van der Waals surface area contributed by atoms with Crippen LogP contribution in [0.1, 0.15) is 20.8 Å². The van der Waals surface area contributed by atoms with Crippen molar-refractivity contribution in [3.63, 3.8) is 0 Å². The minimum Gasteiger partial charge on any atom is -0.399 e. The molecule has 5 nitrogen and oxygen atoms in total. The molecule has 2 aromatic carbocycles. The zero-order chi connectivity index (χ0) is 22.9. The van der Waals surface area contributed by atoms with Crippen LogP contribution in [0, 0.1) is 17.5 Å². The number of nitrogens with one attached hydrogen (secondary N) is 1. The van der Waals surface area contributed by atoms with Gasteiger partial charge >= 0.3 is 0 Å². The van der Waals surface area contributed by atoms with Crippen molar-refractivity contribution in [2.45, 2.75) is 26.8 Å². The summed E-state index contributed by atoms with van der Waals surface area (Å²) in [6.45, 7) is 5.83. The number of nitrogen functional groups attached to an aromatic ring is 1. The topological polar surface area (TPSA) is 72.4 Å². The Labute approximate surface area is 177 Å². The lowest BCUT2D eigenvalue weighted by Gasteiger charge is -2.16. The first-order valence-electron chi connectivity index (χ1n) is 9.85. The molecule has 3 aromatic rings. The van der Waals surface area contributed by atoms with E-state index in [1.807, 2.05) is 20.8 Å². The number of pyridine rings is 1. The highest BCUT2D eigenvalue weighted by Gasteiger charge is 2.19. The molecule has 0 aliphatic carbocycles. The summed E-state index contributed by atoms with van der Waals surface area (Å²) in [5.74, 6) is -2.34. The Morgan fingerprint density at radius 2 is 1.77 bits per heavy atom. The molecule has 162 valence electrons. The molecule has 1 aliphatic heterocycles. The van der Waals surface area contributed by atoms with Gasteiger partial charge < -0.3 is 15.6 Å². The fourth-order valence-corrected chi connectivity index (χ4v) is 3.41. The number of nitrogens with zero attached hydrogens (tertiary/aromatic N) is 2. The summed E-state index contributed by atoms with van der Waals surface area (Å²) < 4.78 is 43.6. The molecule has 8 heteroatoms. The molecule has 1 aliphatic rings. The predicted octanol–water partition coefficient (Wildman–Crippen LogP) is 3.62. The molecule has 1 unspecified atom stereocenters. The SMILES string of the molecule is CC.CC1C=c2c(c(-c3cc(N)cc(F)c3Nc3ccc(F)cc3F)cn(C)c2=O)=N1. The van der Waals surface area contributed by atoms with Gasteiger partial charge in [0, 0.05) is 36.1 Å². The van der Waals surface area contributed by atoms with E-state index >= 15 is 0 Å². The van der Waals surface area contributed by atoms with Gasteiger partial charge in [0.2, 0.25) is 0 Å². The first-order valence-corrected chi connectivity index (χ1v) is 9.85. The molecule has 0 bridgehead atoms. The summed E-state index contributed by atoms with van der Waals surface area (Å²) in [7, 11) is 1.58. The third-order valence-corrected chi connectivity index (χ3v) is 4.72. The smallest absolute Gasteiger partial charge is 0.259 e. The number of fused-ring (bicyclic) bond motifs is 1. The van der Waals surface area contributed by atoms with Gasteiger partial charge in [-0.2, -0.15) is 0 Å². The standard InChI is InChI=1S/C21H17F3N4O.C2H6/c1-10-5-14-19(26-10)15(9-28(2)21(14)29)13-7-12(25)8-17(24)20(13)27-18-4-3-11(22)6-16(18)23;1-2/h3-10,27H,25H2,1-2H3;1-2H3. The Morgan fingerprint density at radius 1 is 1.06 bits per heavy atom. The van der Waals surface area contributed by atoms with Crippen molar-refractivity contribution in [1.29, 1.82) is 0 Å². The van der Waals surface area contributed by atoms with E-state index in [1.54, 1.807) is 13.1 Å². The van der Waals surface area contributed by atoms with Gasteiger partial charge in [-0.15, -0.1) is 0 Å². The summed E-state index contributed by atoms with van der Waals surface area (Å²) in [5.41, 5.74) is 6.41. The molecule has 1 atom stereocenters. The first-order chi connectivity index (χ1) is 14.7. The Balaban J connectivity index is 0.00000132. The lowest BCUT2D eigenvalue weighted by molar-refractivity contribution is 0.585. The van der Waals surface area contributed by atoms with Crippen molar-refractivity contribution in [1.82, 2.24) is 4.57 Å². The number of benzene rings is 2. The summed E-state index contributed by atoms with van der Waals surface area (Å²) >= 11 is 0. The van der Waals surface area contributed by atoms with E-state index in [4.69, 9.17) is 5.73 Å². The third kappa shape index (κ3) is 4.19. The van der Waals surface area contributed by atoms with E-state index in [1.165, 1.54) is 22.9 Å².